The third-order valence-corrected chi connectivity index (χ3v) is 4.03. The van der Waals surface area contributed by atoms with Gasteiger partial charge in [-0.25, -0.2) is 19.0 Å². The Morgan fingerprint density at radius 1 is 1.25 bits per heavy atom. The number of carbonyl (C=O) groups is 2. The number of rotatable bonds is 6. The fourth-order valence-corrected chi connectivity index (χ4v) is 2.79. The van der Waals surface area contributed by atoms with Crippen LogP contribution < -0.4 is 5.73 Å². The number of esters is 2. The van der Waals surface area contributed by atoms with E-state index in [1.807, 2.05) is 13.8 Å². The van der Waals surface area contributed by atoms with Gasteiger partial charge in [-0.3, -0.25) is 0 Å². The van der Waals surface area contributed by atoms with Crippen LogP contribution in [0.4, 0.5) is 10.2 Å². The summed E-state index contributed by atoms with van der Waals surface area (Å²) in [6.45, 7) is 5.66. The summed E-state index contributed by atoms with van der Waals surface area (Å²) in [5.41, 5.74) is 8.15. The summed E-state index contributed by atoms with van der Waals surface area (Å²) in [7, 11) is 1.27. The highest BCUT2D eigenvalue weighted by Gasteiger charge is 2.26. The van der Waals surface area contributed by atoms with Gasteiger partial charge in [-0.2, -0.15) is 0 Å². The summed E-state index contributed by atoms with van der Waals surface area (Å²) >= 11 is 0. The summed E-state index contributed by atoms with van der Waals surface area (Å²) in [5.74, 6) is -1.56. The highest BCUT2D eigenvalue weighted by molar-refractivity contribution is 6.03. The number of hydrogen-bond acceptors (Lipinski definition) is 6. The number of aromatic nitrogens is 1. The molecule has 0 aliphatic rings. The second-order valence-corrected chi connectivity index (χ2v) is 6.28. The van der Waals surface area contributed by atoms with Gasteiger partial charge in [0.2, 0.25) is 0 Å². The monoisotopic (exact) mass is 386 g/mol. The molecule has 1 aromatic carbocycles. The van der Waals surface area contributed by atoms with Crippen molar-refractivity contribution in [2.45, 2.75) is 26.7 Å². The molecule has 1 heterocycles. The predicted molar refractivity (Wildman–Crippen MR) is 105 cm³/mol. The Kier molecular flexibility index (Phi) is 6.87. The zero-order chi connectivity index (χ0) is 20.8. The van der Waals surface area contributed by atoms with Crippen LogP contribution in [0.15, 0.2) is 30.3 Å². The molecule has 6 nitrogen and oxygen atoms in total. The predicted octanol–water partition coefficient (Wildman–Crippen LogP) is 3.96. The van der Waals surface area contributed by atoms with E-state index in [-0.39, 0.29) is 23.9 Å². The molecule has 0 aliphatic heterocycles. The Labute approximate surface area is 163 Å². The van der Waals surface area contributed by atoms with Gasteiger partial charge in [0, 0.05) is 17.2 Å². The molecule has 0 spiro atoms. The third-order valence-electron chi connectivity index (χ3n) is 4.03. The average Bonchev–Trinajstić information content (AvgIpc) is 2.66. The average molecular weight is 386 g/mol. The van der Waals surface area contributed by atoms with Crippen molar-refractivity contribution in [2.75, 3.05) is 19.5 Å². The number of halogens is 1. The maximum Gasteiger partial charge on any atom is 0.340 e. The van der Waals surface area contributed by atoms with E-state index >= 15 is 0 Å². The lowest BCUT2D eigenvalue weighted by molar-refractivity contribution is -0.137. The third kappa shape index (κ3) is 4.54. The van der Waals surface area contributed by atoms with E-state index in [0.29, 0.717) is 22.4 Å². The lowest BCUT2D eigenvalue weighted by atomic mass is 9.90. The molecule has 0 saturated carbocycles. The van der Waals surface area contributed by atoms with Gasteiger partial charge in [0.05, 0.1) is 25.0 Å². The minimum atomic E-state index is -0.596. The fraction of sp³-hybridized carbons (Fsp3) is 0.286. The quantitative estimate of drug-likeness (QED) is 0.597. The fourth-order valence-electron chi connectivity index (χ4n) is 2.79. The van der Waals surface area contributed by atoms with Crippen LogP contribution >= 0.6 is 0 Å². The summed E-state index contributed by atoms with van der Waals surface area (Å²) < 4.78 is 23.3. The van der Waals surface area contributed by atoms with Crippen molar-refractivity contribution in [3.8, 4) is 11.1 Å². The van der Waals surface area contributed by atoms with Crippen molar-refractivity contribution >= 4 is 23.8 Å². The second-order valence-electron chi connectivity index (χ2n) is 6.28. The Balaban J connectivity index is 2.84. The molecular formula is C21H23FN2O4. The van der Waals surface area contributed by atoms with Crippen LogP contribution in [-0.2, 0) is 14.3 Å². The van der Waals surface area contributed by atoms with Crippen molar-refractivity contribution in [3.63, 3.8) is 0 Å². The number of nitrogens with zero attached hydrogens (tertiary/aromatic N) is 1. The number of methoxy groups -OCH3 is 1. The topological polar surface area (TPSA) is 91.5 Å². The van der Waals surface area contributed by atoms with E-state index in [4.69, 9.17) is 15.2 Å². The van der Waals surface area contributed by atoms with Crippen LogP contribution in [0.1, 0.15) is 48.3 Å². The molecule has 28 heavy (non-hydrogen) atoms. The molecule has 0 fully saturated rings. The summed E-state index contributed by atoms with van der Waals surface area (Å²) in [4.78, 5) is 28.7. The minimum absolute atomic E-state index is 0.126. The van der Waals surface area contributed by atoms with Gasteiger partial charge in [-0.05, 0) is 36.6 Å². The first kappa shape index (κ1) is 21.1. The van der Waals surface area contributed by atoms with Crippen LogP contribution in [0, 0.1) is 5.82 Å². The molecular weight excluding hydrogens is 363 g/mol. The molecule has 2 aromatic rings. The molecule has 0 unspecified atom stereocenters. The second kappa shape index (κ2) is 9.12. The van der Waals surface area contributed by atoms with Gasteiger partial charge in [-0.1, -0.05) is 26.0 Å². The Morgan fingerprint density at radius 3 is 2.43 bits per heavy atom. The lowest BCUT2D eigenvalue weighted by Gasteiger charge is -2.19. The summed E-state index contributed by atoms with van der Waals surface area (Å²) in [5, 5.41) is 0. The van der Waals surface area contributed by atoms with Crippen LogP contribution in [0.5, 0.6) is 0 Å². The zero-order valence-corrected chi connectivity index (χ0v) is 16.3. The highest BCUT2D eigenvalue weighted by atomic mass is 19.1. The van der Waals surface area contributed by atoms with E-state index in [1.165, 1.54) is 43.5 Å². The first-order valence-electron chi connectivity index (χ1n) is 8.82. The van der Waals surface area contributed by atoms with E-state index in [0.717, 1.165) is 0 Å². The molecule has 0 saturated heterocycles. The van der Waals surface area contributed by atoms with Gasteiger partial charge in [0.25, 0.3) is 0 Å². The summed E-state index contributed by atoms with van der Waals surface area (Å²) in [6, 6.07) is 5.62. The number of anilines is 1. The van der Waals surface area contributed by atoms with E-state index < -0.39 is 17.8 Å². The van der Waals surface area contributed by atoms with Crippen molar-refractivity contribution < 1.29 is 23.5 Å². The molecule has 7 heteroatoms. The van der Waals surface area contributed by atoms with Gasteiger partial charge in [0.15, 0.2) is 0 Å². The highest BCUT2D eigenvalue weighted by Crippen LogP contribution is 2.36. The van der Waals surface area contributed by atoms with Gasteiger partial charge >= 0.3 is 11.9 Å². The van der Waals surface area contributed by atoms with Gasteiger partial charge < -0.3 is 15.2 Å². The first-order chi connectivity index (χ1) is 13.3. The Bertz CT molecular complexity index is 906. The molecule has 148 valence electrons. The smallest absolute Gasteiger partial charge is 0.340 e. The SMILES string of the molecule is CCOC(=O)/C=C/c1c(N)nc(C(C)C)c(C(=O)OC)c1-c1ccc(F)cc1. The molecule has 0 atom stereocenters. The maximum absolute atomic E-state index is 13.4. The van der Waals surface area contributed by atoms with Gasteiger partial charge in [-0.15, -0.1) is 0 Å². The van der Waals surface area contributed by atoms with Gasteiger partial charge in [0.1, 0.15) is 11.6 Å². The first-order valence-corrected chi connectivity index (χ1v) is 8.82. The van der Waals surface area contributed by atoms with E-state index in [9.17, 15) is 14.0 Å². The maximum atomic E-state index is 13.4. The molecule has 0 bridgehead atoms. The largest absolute Gasteiger partial charge is 0.465 e. The van der Waals surface area contributed by atoms with E-state index in [1.54, 1.807) is 6.92 Å². The van der Waals surface area contributed by atoms with Crippen molar-refractivity contribution in [2.24, 2.45) is 0 Å². The van der Waals surface area contributed by atoms with Crippen LogP contribution in [0.3, 0.4) is 0 Å². The van der Waals surface area contributed by atoms with Crippen LogP contribution in [0.2, 0.25) is 0 Å². The zero-order valence-electron chi connectivity index (χ0n) is 16.3. The number of nitrogen functional groups attached to an aromatic ring is 1. The number of nitrogens with two attached hydrogens (primary N) is 1. The molecule has 2 rings (SSSR count). The van der Waals surface area contributed by atoms with E-state index in [2.05, 4.69) is 4.98 Å². The number of ether oxygens (including phenoxy) is 2. The Hall–Kier alpha value is -3.22. The number of hydrogen-bond donors (Lipinski definition) is 1. The number of carbonyl (C=O) groups excluding carboxylic acids is 2. The van der Waals surface area contributed by atoms with Crippen LogP contribution in [-0.4, -0.2) is 30.6 Å². The normalized spacial score (nSPS) is 11.1. The molecule has 0 radical (unpaired) electrons. The number of pyridine rings is 1. The Morgan fingerprint density at radius 2 is 1.89 bits per heavy atom. The molecule has 0 amide bonds. The summed E-state index contributed by atoms with van der Waals surface area (Å²) in [6.07, 6.45) is 2.65. The minimum Gasteiger partial charge on any atom is -0.465 e. The molecule has 0 aliphatic carbocycles. The van der Waals surface area contributed by atoms with Crippen LogP contribution in [0.25, 0.3) is 17.2 Å². The van der Waals surface area contributed by atoms with Crippen molar-refractivity contribution in [3.05, 3.63) is 53.0 Å². The van der Waals surface area contributed by atoms with Crippen molar-refractivity contribution in [1.82, 2.24) is 4.98 Å². The molecule has 1 aromatic heterocycles. The standard InChI is InChI=1S/C21H23FN2O4/c1-5-28-16(25)11-10-15-17(13-6-8-14(22)9-7-13)18(21(26)27-4)19(12(2)3)24-20(15)23/h6-12H,5H2,1-4H3,(H2,23,24)/b11-10+. The molecule has 2 N–H and O–H groups in total. The number of benzene rings is 1. The lowest BCUT2D eigenvalue weighted by Crippen LogP contribution is -2.14. The van der Waals surface area contributed by atoms with Crippen molar-refractivity contribution in [1.29, 1.82) is 0 Å².